The topological polar surface area (TPSA) is 43.4 Å². The van der Waals surface area contributed by atoms with Gasteiger partial charge in [0, 0.05) is 30.5 Å². The molecule has 6 heteroatoms. The Morgan fingerprint density at radius 3 is 2.36 bits per heavy atom. The molecule has 0 bridgehead atoms. The summed E-state index contributed by atoms with van der Waals surface area (Å²) in [4.78, 5) is 4.04. The molecule has 0 aliphatic carbocycles. The first-order chi connectivity index (χ1) is 13.7. The van der Waals surface area contributed by atoms with Gasteiger partial charge in [0.05, 0.1) is 11.1 Å². The van der Waals surface area contributed by atoms with Gasteiger partial charge in [0.2, 0.25) is 0 Å². The molecule has 1 aromatic heterocycles. The van der Waals surface area contributed by atoms with Crippen LogP contribution in [0.25, 0.3) is 0 Å². The lowest BCUT2D eigenvalue weighted by Gasteiger charge is -2.16. The van der Waals surface area contributed by atoms with Gasteiger partial charge in [-0.3, -0.25) is 4.98 Å². The van der Waals surface area contributed by atoms with E-state index in [1.165, 1.54) is 5.56 Å². The molecule has 0 aliphatic rings. The summed E-state index contributed by atoms with van der Waals surface area (Å²) in [5.41, 5.74) is 3.35. The van der Waals surface area contributed by atoms with Crippen molar-refractivity contribution in [3.05, 3.63) is 87.1 Å². The Morgan fingerprint density at radius 1 is 0.929 bits per heavy atom. The normalized spacial score (nSPS) is 10.7. The van der Waals surface area contributed by atoms with Crippen molar-refractivity contribution >= 4 is 27.5 Å². The second-order valence-corrected chi connectivity index (χ2v) is 7.50. The first-order valence-electron chi connectivity index (χ1n) is 9.07. The smallest absolute Gasteiger partial charge is 0.175 e. The molecular weight excluding hydrogens is 440 g/mol. The van der Waals surface area contributed by atoms with E-state index in [2.05, 4.69) is 32.3 Å². The molecule has 3 aromatic rings. The van der Waals surface area contributed by atoms with Crippen LogP contribution < -0.4 is 14.8 Å². The highest BCUT2D eigenvalue weighted by Crippen LogP contribution is 2.37. The van der Waals surface area contributed by atoms with Gasteiger partial charge in [0.25, 0.3) is 0 Å². The van der Waals surface area contributed by atoms with E-state index in [0.29, 0.717) is 24.0 Å². The van der Waals surface area contributed by atoms with E-state index in [9.17, 15) is 0 Å². The fourth-order valence-corrected chi connectivity index (χ4v) is 3.44. The Balaban J connectivity index is 1.67. The van der Waals surface area contributed by atoms with Gasteiger partial charge in [-0.25, -0.2) is 0 Å². The molecule has 4 nitrogen and oxygen atoms in total. The van der Waals surface area contributed by atoms with Gasteiger partial charge in [0.15, 0.2) is 11.5 Å². The van der Waals surface area contributed by atoms with Crippen LogP contribution in [0.15, 0.2) is 65.4 Å². The number of nitrogens with zero attached hydrogens (tertiary/aromatic N) is 1. The summed E-state index contributed by atoms with van der Waals surface area (Å²) < 4.78 is 12.7. The number of aromatic nitrogens is 1. The van der Waals surface area contributed by atoms with Gasteiger partial charge in [0.1, 0.15) is 6.61 Å². The van der Waals surface area contributed by atoms with E-state index in [4.69, 9.17) is 21.1 Å². The van der Waals surface area contributed by atoms with E-state index in [1.54, 1.807) is 12.4 Å². The zero-order valence-electron chi connectivity index (χ0n) is 15.6. The van der Waals surface area contributed by atoms with Gasteiger partial charge in [-0.15, -0.1) is 0 Å². The Labute approximate surface area is 179 Å². The van der Waals surface area contributed by atoms with Crippen molar-refractivity contribution in [2.45, 2.75) is 26.6 Å². The first kappa shape index (κ1) is 20.6. The number of pyridine rings is 1. The largest absolute Gasteiger partial charge is 0.490 e. The van der Waals surface area contributed by atoms with Gasteiger partial charge in [-0.1, -0.05) is 23.7 Å². The van der Waals surface area contributed by atoms with Crippen LogP contribution in [0.5, 0.6) is 11.5 Å². The molecule has 28 heavy (non-hydrogen) atoms. The van der Waals surface area contributed by atoms with Crippen molar-refractivity contribution in [1.82, 2.24) is 10.3 Å². The fraction of sp³-hybridized carbons (Fsp3) is 0.227. The van der Waals surface area contributed by atoms with Crippen LogP contribution in [0.3, 0.4) is 0 Å². The summed E-state index contributed by atoms with van der Waals surface area (Å²) in [7, 11) is 0. The van der Waals surface area contributed by atoms with Crippen LogP contribution >= 0.6 is 27.5 Å². The predicted molar refractivity (Wildman–Crippen MR) is 116 cm³/mol. The summed E-state index contributed by atoms with van der Waals surface area (Å²) in [6.45, 7) is 4.47. The lowest BCUT2D eigenvalue weighted by atomic mass is 10.2. The fourth-order valence-electron chi connectivity index (χ4n) is 2.71. The van der Waals surface area contributed by atoms with Gasteiger partial charge in [-0.2, -0.15) is 0 Å². The molecule has 3 rings (SSSR count). The van der Waals surface area contributed by atoms with E-state index in [0.717, 1.165) is 34.4 Å². The maximum atomic E-state index is 6.03. The second kappa shape index (κ2) is 10.5. The second-order valence-electron chi connectivity index (χ2n) is 6.21. The van der Waals surface area contributed by atoms with Crippen molar-refractivity contribution in [3.63, 3.8) is 0 Å². The summed E-state index contributed by atoms with van der Waals surface area (Å²) >= 11 is 9.57. The number of ether oxygens (including phenoxy) is 2. The lowest BCUT2D eigenvalue weighted by molar-refractivity contribution is 0.267. The van der Waals surface area contributed by atoms with Crippen LogP contribution in [0.4, 0.5) is 0 Å². The molecule has 0 aliphatic heterocycles. The van der Waals surface area contributed by atoms with Crippen molar-refractivity contribution in [3.8, 4) is 11.5 Å². The van der Waals surface area contributed by atoms with E-state index in [-0.39, 0.29) is 0 Å². The lowest BCUT2D eigenvalue weighted by Crippen LogP contribution is -2.13. The van der Waals surface area contributed by atoms with E-state index < -0.39 is 0 Å². The van der Waals surface area contributed by atoms with Gasteiger partial charge < -0.3 is 14.8 Å². The van der Waals surface area contributed by atoms with Gasteiger partial charge >= 0.3 is 0 Å². The van der Waals surface area contributed by atoms with Crippen molar-refractivity contribution in [2.75, 3.05) is 6.61 Å². The summed E-state index contributed by atoms with van der Waals surface area (Å²) in [5.74, 6) is 1.43. The maximum absolute atomic E-state index is 6.03. The number of hydrogen-bond acceptors (Lipinski definition) is 4. The minimum Gasteiger partial charge on any atom is -0.490 e. The zero-order valence-corrected chi connectivity index (χ0v) is 18.0. The Bertz CT molecular complexity index is 889. The molecule has 0 atom stereocenters. The molecule has 0 spiro atoms. The number of rotatable bonds is 9. The molecule has 1 heterocycles. The monoisotopic (exact) mass is 460 g/mol. The van der Waals surface area contributed by atoms with Crippen molar-refractivity contribution < 1.29 is 9.47 Å². The molecular formula is C22H22BrClN2O2. The quantitative estimate of drug-likeness (QED) is 0.440. The number of benzene rings is 2. The molecule has 0 unspecified atom stereocenters. The maximum Gasteiger partial charge on any atom is 0.175 e. The molecule has 0 radical (unpaired) electrons. The summed E-state index contributed by atoms with van der Waals surface area (Å²) in [6, 6.07) is 15.7. The van der Waals surface area contributed by atoms with E-state index in [1.807, 2.05) is 49.4 Å². The van der Waals surface area contributed by atoms with Crippen LogP contribution in [0.2, 0.25) is 5.02 Å². The van der Waals surface area contributed by atoms with E-state index >= 15 is 0 Å². The third-order valence-corrected chi connectivity index (χ3v) is 4.91. The third kappa shape index (κ3) is 5.96. The highest BCUT2D eigenvalue weighted by molar-refractivity contribution is 9.10. The number of hydrogen-bond donors (Lipinski definition) is 1. The van der Waals surface area contributed by atoms with Crippen molar-refractivity contribution in [2.24, 2.45) is 0 Å². The van der Waals surface area contributed by atoms with Gasteiger partial charge in [-0.05, 0) is 75.9 Å². The highest BCUT2D eigenvalue weighted by Gasteiger charge is 2.13. The molecule has 0 saturated carbocycles. The van der Waals surface area contributed by atoms with Crippen LogP contribution in [-0.4, -0.2) is 11.6 Å². The zero-order chi connectivity index (χ0) is 19.8. The summed E-state index contributed by atoms with van der Waals surface area (Å²) in [6.07, 6.45) is 3.60. The number of nitrogens with one attached hydrogen (secondary N) is 1. The SMILES string of the molecule is CCOc1cc(CNCc2ccncc2)cc(Br)c1OCc1ccc(Cl)cc1. The summed E-state index contributed by atoms with van der Waals surface area (Å²) in [5, 5.41) is 4.15. The minimum absolute atomic E-state index is 0.440. The molecule has 0 fully saturated rings. The number of halogens is 2. The van der Waals surface area contributed by atoms with Crippen LogP contribution in [0.1, 0.15) is 23.6 Å². The predicted octanol–water partition coefficient (Wildman–Crippen LogP) is 5.77. The Kier molecular flexibility index (Phi) is 7.71. The standard InChI is InChI=1S/C22H22BrClN2O2/c1-2-27-21-12-18(14-26-13-16-7-9-25-10-8-16)11-20(23)22(21)28-15-17-3-5-19(24)6-4-17/h3-12,26H,2,13-15H2,1H3. The van der Waals surface area contributed by atoms with Crippen LogP contribution in [0, 0.1) is 0 Å². The molecule has 2 aromatic carbocycles. The first-order valence-corrected chi connectivity index (χ1v) is 10.2. The average molecular weight is 462 g/mol. The molecule has 0 saturated heterocycles. The average Bonchev–Trinajstić information content (AvgIpc) is 2.70. The highest BCUT2D eigenvalue weighted by atomic mass is 79.9. The Morgan fingerprint density at radius 2 is 1.64 bits per heavy atom. The molecule has 146 valence electrons. The molecule has 0 amide bonds. The van der Waals surface area contributed by atoms with Crippen molar-refractivity contribution in [1.29, 1.82) is 0 Å². The third-order valence-electron chi connectivity index (χ3n) is 4.07. The molecule has 1 N–H and O–H groups in total. The Hall–Kier alpha value is -2.08. The minimum atomic E-state index is 0.440. The van der Waals surface area contributed by atoms with Crippen LogP contribution in [-0.2, 0) is 19.7 Å².